The third-order valence-electron chi connectivity index (χ3n) is 4.64. The molecular formula is C21H21N3O2S. The maximum atomic E-state index is 12.8. The number of aromatic nitrogens is 2. The molecule has 1 unspecified atom stereocenters. The van der Waals surface area contributed by atoms with Gasteiger partial charge in [-0.3, -0.25) is 9.78 Å². The molecule has 5 nitrogen and oxygen atoms in total. The van der Waals surface area contributed by atoms with E-state index in [2.05, 4.69) is 10.3 Å². The van der Waals surface area contributed by atoms with Crippen LogP contribution < -0.4 is 10.1 Å². The van der Waals surface area contributed by atoms with Gasteiger partial charge in [-0.25, -0.2) is 4.98 Å². The van der Waals surface area contributed by atoms with Gasteiger partial charge >= 0.3 is 0 Å². The molecule has 0 bridgehead atoms. The normalized spacial score (nSPS) is 15.8. The summed E-state index contributed by atoms with van der Waals surface area (Å²) in [6, 6.07) is 13.4. The average Bonchev–Trinajstić information content (AvgIpc) is 3.14. The Morgan fingerprint density at radius 1 is 1.26 bits per heavy atom. The Labute approximate surface area is 162 Å². The second kappa shape index (κ2) is 7.88. The summed E-state index contributed by atoms with van der Waals surface area (Å²) < 4.78 is 5.60. The summed E-state index contributed by atoms with van der Waals surface area (Å²) in [5.74, 6) is 0.699. The van der Waals surface area contributed by atoms with Gasteiger partial charge in [0.2, 0.25) is 5.91 Å². The molecule has 0 saturated heterocycles. The standard InChI is InChI=1S/C21H21N3O2S/c1-2-26-18-9-4-3-7-15(18)23-20(25)14-10-11-16-19(13-14)27-21(24-16)17-8-5-6-12-22-17/h3-9,12,14H,2,10-11,13H2,1H3,(H,23,25). The number of rotatable bonds is 5. The van der Waals surface area contributed by atoms with Gasteiger partial charge in [0.25, 0.3) is 0 Å². The van der Waals surface area contributed by atoms with Crippen molar-refractivity contribution in [3.8, 4) is 16.5 Å². The minimum Gasteiger partial charge on any atom is -0.492 e. The number of aryl methyl sites for hydroxylation is 1. The predicted octanol–water partition coefficient (Wildman–Crippen LogP) is 4.35. The molecule has 1 N–H and O–H groups in total. The second-order valence-corrected chi connectivity index (χ2v) is 7.55. The Morgan fingerprint density at radius 3 is 2.93 bits per heavy atom. The molecule has 1 aromatic carbocycles. The number of carbonyl (C=O) groups is 1. The highest BCUT2D eigenvalue weighted by molar-refractivity contribution is 7.15. The monoisotopic (exact) mass is 379 g/mol. The third kappa shape index (κ3) is 3.85. The number of thiazole rings is 1. The summed E-state index contributed by atoms with van der Waals surface area (Å²) in [5, 5.41) is 3.98. The smallest absolute Gasteiger partial charge is 0.227 e. The minimum absolute atomic E-state index is 0.0422. The van der Waals surface area contributed by atoms with Crippen LogP contribution in [0.5, 0.6) is 5.75 Å². The molecule has 1 aliphatic carbocycles. The van der Waals surface area contributed by atoms with Crippen molar-refractivity contribution < 1.29 is 9.53 Å². The third-order valence-corrected chi connectivity index (χ3v) is 5.78. The lowest BCUT2D eigenvalue weighted by Crippen LogP contribution is -2.27. The maximum absolute atomic E-state index is 12.8. The first kappa shape index (κ1) is 17.7. The van der Waals surface area contributed by atoms with Crippen molar-refractivity contribution in [1.29, 1.82) is 0 Å². The number of hydrogen-bond donors (Lipinski definition) is 1. The number of anilines is 1. The van der Waals surface area contributed by atoms with Gasteiger partial charge in [-0.2, -0.15) is 0 Å². The lowest BCUT2D eigenvalue weighted by Gasteiger charge is -2.21. The Balaban J connectivity index is 1.48. The van der Waals surface area contributed by atoms with Crippen molar-refractivity contribution in [1.82, 2.24) is 9.97 Å². The summed E-state index contributed by atoms with van der Waals surface area (Å²) in [4.78, 5) is 23.1. The second-order valence-electron chi connectivity index (χ2n) is 6.46. The summed E-state index contributed by atoms with van der Waals surface area (Å²) in [5.41, 5.74) is 2.73. The van der Waals surface area contributed by atoms with Crippen LogP contribution in [-0.4, -0.2) is 22.5 Å². The van der Waals surface area contributed by atoms with E-state index in [1.165, 1.54) is 4.88 Å². The Morgan fingerprint density at radius 2 is 2.11 bits per heavy atom. The quantitative estimate of drug-likeness (QED) is 0.716. The van der Waals surface area contributed by atoms with Gasteiger partial charge in [0.1, 0.15) is 10.8 Å². The fraction of sp³-hybridized carbons (Fsp3) is 0.286. The van der Waals surface area contributed by atoms with E-state index in [1.807, 2.05) is 49.4 Å². The molecule has 0 spiro atoms. The maximum Gasteiger partial charge on any atom is 0.227 e. The van der Waals surface area contributed by atoms with E-state index < -0.39 is 0 Å². The van der Waals surface area contributed by atoms with Crippen molar-refractivity contribution in [2.24, 2.45) is 5.92 Å². The predicted molar refractivity (Wildman–Crippen MR) is 107 cm³/mol. The van der Waals surface area contributed by atoms with E-state index >= 15 is 0 Å². The molecule has 138 valence electrons. The summed E-state index contributed by atoms with van der Waals surface area (Å²) in [7, 11) is 0. The number of nitrogens with one attached hydrogen (secondary N) is 1. The van der Waals surface area contributed by atoms with Crippen molar-refractivity contribution >= 4 is 22.9 Å². The first-order chi connectivity index (χ1) is 13.2. The highest BCUT2D eigenvalue weighted by atomic mass is 32.1. The van der Waals surface area contributed by atoms with E-state index in [-0.39, 0.29) is 11.8 Å². The molecule has 3 aromatic rings. The SMILES string of the molecule is CCOc1ccccc1NC(=O)C1CCc2nc(-c3ccccn3)sc2C1. The first-order valence-corrected chi connectivity index (χ1v) is 9.99. The molecule has 1 amide bonds. The molecular weight excluding hydrogens is 358 g/mol. The van der Waals surface area contributed by atoms with Crippen LogP contribution in [0.2, 0.25) is 0 Å². The van der Waals surface area contributed by atoms with Crippen molar-refractivity contribution in [3.05, 3.63) is 59.2 Å². The number of para-hydroxylation sites is 2. The highest BCUT2D eigenvalue weighted by Gasteiger charge is 2.28. The summed E-state index contributed by atoms with van der Waals surface area (Å²) >= 11 is 1.65. The molecule has 4 rings (SSSR count). The summed E-state index contributed by atoms with van der Waals surface area (Å²) in [6.45, 7) is 2.50. The van der Waals surface area contributed by atoms with Gasteiger partial charge in [-0.1, -0.05) is 18.2 Å². The fourth-order valence-corrected chi connectivity index (χ4v) is 4.45. The van der Waals surface area contributed by atoms with E-state index in [9.17, 15) is 4.79 Å². The molecule has 2 heterocycles. The van der Waals surface area contributed by atoms with Gasteiger partial charge in [-0.05, 0) is 50.5 Å². The van der Waals surface area contributed by atoms with Gasteiger partial charge in [0.15, 0.2) is 0 Å². The van der Waals surface area contributed by atoms with E-state index in [0.29, 0.717) is 12.4 Å². The number of hydrogen-bond acceptors (Lipinski definition) is 5. The largest absolute Gasteiger partial charge is 0.492 e. The Bertz CT molecular complexity index is 940. The van der Waals surface area contributed by atoms with Crippen LogP contribution in [0.1, 0.15) is 23.9 Å². The lowest BCUT2D eigenvalue weighted by molar-refractivity contribution is -0.120. The molecule has 0 fully saturated rings. The average molecular weight is 379 g/mol. The zero-order valence-electron chi connectivity index (χ0n) is 15.1. The van der Waals surface area contributed by atoms with Crippen molar-refractivity contribution in [2.75, 3.05) is 11.9 Å². The summed E-state index contributed by atoms with van der Waals surface area (Å²) in [6.07, 6.45) is 4.13. The number of nitrogens with zero attached hydrogens (tertiary/aromatic N) is 2. The Hall–Kier alpha value is -2.73. The highest BCUT2D eigenvalue weighted by Crippen LogP contribution is 2.35. The molecule has 27 heavy (non-hydrogen) atoms. The molecule has 6 heteroatoms. The van der Waals surface area contributed by atoms with Gasteiger partial charge < -0.3 is 10.1 Å². The van der Waals surface area contributed by atoms with Crippen LogP contribution in [0, 0.1) is 5.92 Å². The molecule has 1 aliphatic rings. The van der Waals surface area contributed by atoms with Crippen molar-refractivity contribution in [3.63, 3.8) is 0 Å². The number of ether oxygens (including phenoxy) is 1. The number of benzene rings is 1. The number of pyridine rings is 1. The number of fused-ring (bicyclic) bond motifs is 1. The topological polar surface area (TPSA) is 64.1 Å². The van der Waals surface area contributed by atoms with Crippen LogP contribution in [-0.2, 0) is 17.6 Å². The first-order valence-electron chi connectivity index (χ1n) is 9.17. The fourth-order valence-electron chi connectivity index (χ4n) is 3.28. The Kier molecular flexibility index (Phi) is 5.16. The van der Waals surface area contributed by atoms with Crippen molar-refractivity contribution in [2.45, 2.75) is 26.2 Å². The van der Waals surface area contributed by atoms with E-state index in [1.54, 1.807) is 17.5 Å². The molecule has 0 aliphatic heterocycles. The number of amides is 1. The van der Waals surface area contributed by atoms with Crippen LogP contribution in [0.15, 0.2) is 48.7 Å². The number of carbonyl (C=O) groups excluding carboxylic acids is 1. The van der Waals surface area contributed by atoms with Crippen LogP contribution in [0.3, 0.4) is 0 Å². The minimum atomic E-state index is -0.0517. The van der Waals surface area contributed by atoms with Crippen LogP contribution >= 0.6 is 11.3 Å². The molecule has 0 saturated carbocycles. The van der Waals surface area contributed by atoms with Gasteiger partial charge in [-0.15, -0.1) is 11.3 Å². The molecule has 2 aromatic heterocycles. The van der Waals surface area contributed by atoms with E-state index in [0.717, 1.165) is 41.3 Å². The van der Waals surface area contributed by atoms with Gasteiger partial charge in [0, 0.05) is 17.0 Å². The zero-order valence-corrected chi connectivity index (χ0v) is 16.0. The lowest BCUT2D eigenvalue weighted by atomic mass is 9.90. The van der Waals surface area contributed by atoms with Gasteiger partial charge in [0.05, 0.1) is 23.7 Å². The van der Waals surface area contributed by atoms with Crippen LogP contribution in [0.4, 0.5) is 5.69 Å². The van der Waals surface area contributed by atoms with Crippen LogP contribution in [0.25, 0.3) is 10.7 Å². The van der Waals surface area contributed by atoms with E-state index in [4.69, 9.17) is 9.72 Å². The zero-order chi connectivity index (χ0) is 18.6. The molecule has 1 atom stereocenters. The molecule has 0 radical (unpaired) electrons.